The predicted molar refractivity (Wildman–Crippen MR) is 66.8 cm³/mol. The zero-order valence-corrected chi connectivity index (χ0v) is 11.2. The molecule has 0 radical (unpaired) electrons. The Balaban J connectivity index is 2.19. The first-order valence-corrected chi connectivity index (χ1v) is 6.74. The molecule has 4 aliphatic carbocycles. The standard InChI is InChI=1S/C15H20O3/c1-8-5-15-9(6-14(2,3)13(15)18)4-10(8)11(7-16)12(15)17/h5,9-11,16H,4,6-7H2,1-3H3/t9-,10+,11-,15-/m1/s1. The summed E-state index contributed by atoms with van der Waals surface area (Å²) in [6.45, 7) is 5.76. The summed E-state index contributed by atoms with van der Waals surface area (Å²) in [6.07, 6.45) is 3.61. The van der Waals surface area contributed by atoms with Crippen molar-refractivity contribution in [1.29, 1.82) is 0 Å². The van der Waals surface area contributed by atoms with Crippen LogP contribution >= 0.6 is 0 Å². The molecule has 0 aliphatic heterocycles. The van der Waals surface area contributed by atoms with Crippen molar-refractivity contribution in [3.8, 4) is 0 Å². The van der Waals surface area contributed by atoms with Crippen LogP contribution in [0.25, 0.3) is 0 Å². The van der Waals surface area contributed by atoms with Crippen molar-refractivity contribution >= 4 is 11.6 Å². The zero-order valence-electron chi connectivity index (χ0n) is 11.2. The van der Waals surface area contributed by atoms with E-state index in [2.05, 4.69) is 0 Å². The van der Waals surface area contributed by atoms with E-state index in [9.17, 15) is 14.7 Å². The van der Waals surface area contributed by atoms with E-state index in [1.807, 2.05) is 26.8 Å². The second-order valence-corrected chi connectivity index (χ2v) is 6.87. The van der Waals surface area contributed by atoms with Gasteiger partial charge in [0.15, 0.2) is 11.6 Å². The topological polar surface area (TPSA) is 54.4 Å². The average Bonchev–Trinajstić information content (AvgIpc) is 2.49. The first kappa shape index (κ1) is 12.1. The maximum absolute atomic E-state index is 12.7. The SMILES string of the molecule is CC1=C[C@]23C(=O)[C@H](CO)[C@H]1C[C@@H]2CC(C)(C)C3=O. The highest BCUT2D eigenvalue weighted by Gasteiger charge is 2.67. The molecule has 0 amide bonds. The first-order valence-electron chi connectivity index (χ1n) is 6.74. The lowest BCUT2D eigenvalue weighted by Crippen LogP contribution is -2.55. The highest BCUT2D eigenvalue weighted by Crippen LogP contribution is 2.62. The fourth-order valence-corrected chi connectivity index (χ4v) is 4.59. The Hall–Kier alpha value is -0.960. The van der Waals surface area contributed by atoms with Crippen molar-refractivity contribution in [1.82, 2.24) is 0 Å². The molecule has 1 N–H and O–H groups in total. The molecular formula is C15H20O3. The quantitative estimate of drug-likeness (QED) is 0.568. The maximum atomic E-state index is 12.7. The Morgan fingerprint density at radius 2 is 2.06 bits per heavy atom. The highest BCUT2D eigenvalue weighted by atomic mass is 16.3. The molecule has 0 aromatic rings. The van der Waals surface area contributed by atoms with Crippen LogP contribution in [0.4, 0.5) is 0 Å². The molecule has 3 heteroatoms. The molecule has 3 nitrogen and oxygen atoms in total. The number of Topliss-reactive ketones (excluding diaryl/α,β-unsaturated/α-hetero) is 2. The van der Waals surface area contributed by atoms with E-state index in [1.165, 1.54) is 0 Å². The van der Waals surface area contributed by atoms with Gasteiger partial charge in [-0.2, -0.15) is 0 Å². The van der Waals surface area contributed by atoms with E-state index in [-0.39, 0.29) is 35.9 Å². The van der Waals surface area contributed by atoms with Crippen LogP contribution in [0.2, 0.25) is 0 Å². The monoisotopic (exact) mass is 248 g/mol. The van der Waals surface area contributed by atoms with Crippen LogP contribution in [-0.4, -0.2) is 23.3 Å². The second-order valence-electron chi connectivity index (χ2n) is 6.87. The van der Waals surface area contributed by atoms with Crippen LogP contribution in [0.15, 0.2) is 11.6 Å². The third kappa shape index (κ3) is 1.14. The average molecular weight is 248 g/mol. The van der Waals surface area contributed by atoms with Crippen LogP contribution in [0.3, 0.4) is 0 Å². The van der Waals surface area contributed by atoms with Gasteiger partial charge in [0.05, 0.1) is 6.61 Å². The van der Waals surface area contributed by atoms with Crippen LogP contribution in [-0.2, 0) is 9.59 Å². The van der Waals surface area contributed by atoms with Gasteiger partial charge < -0.3 is 5.11 Å². The summed E-state index contributed by atoms with van der Waals surface area (Å²) in [5.41, 5.74) is -0.192. The number of hydrogen-bond acceptors (Lipinski definition) is 3. The number of ketones is 2. The van der Waals surface area contributed by atoms with Gasteiger partial charge in [0, 0.05) is 11.3 Å². The lowest BCUT2D eigenvalue weighted by molar-refractivity contribution is -0.149. The van der Waals surface area contributed by atoms with Crippen molar-refractivity contribution in [3.63, 3.8) is 0 Å². The Labute approximate surface area is 107 Å². The molecule has 98 valence electrons. The number of aliphatic hydroxyl groups excluding tert-OH is 1. The molecular weight excluding hydrogens is 228 g/mol. The summed E-state index contributed by atoms with van der Waals surface area (Å²) in [6, 6.07) is 0. The summed E-state index contributed by atoms with van der Waals surface area (Å²) in [7, 11) is 0. The molecule has 0 aromatic heterocycles. The molecule has 4 aliphatic rings. The number of rotatable bonds is 1. The molecule has 2 bridgehead atoms. The van der Waals surface area contributed by atoms with Crippen LogP contribution in [0.1, 0.15) is 33.6 Å². The third-order valence-corrected chi connectivity index (χ3v) is 5.40. The third-order valence-electron chi connectivity index (χ3n) is 5.40. The van der Waals surface area contributed by atoms with Gasteiger partial charge in [0.25, 0.3) is 0 Å². The summed E-state index contributed by atoms with van der Waals surface area (Å²) in [5, 5.41) is 9.47. The Kier molecular flexibility index (Phi) is 2.23. The molecule has 2 fully saturated rings. The van der Waals surface area contributed by atoms with Crippen molar-refractivity contribution in [2.24, 2.45) is 28.6 Å². The molecule has 0 heterocycles. The largest absolute Gasteiger partial charge is 0.396 e. The van der Waals surface area contributed by atoms with Crippen molar-refractivity contribution in [2.45, 2.75) is 33.6 Å². The van der Waals surface area contributed by atoms with Gasteiger partial charge in [0.1, 0.15) is 5.41 Å². The van der Waals surface area contributed by atoms with E-state index in [0.717, 1.165) is 18.4 Å². The second kappa shape index (κ2) is 3.32. The molecule has 1 spiro atoms. The molecule has 4 rings (SSSR count). The van der Waals surface area contributed by atoms with Crippen molar-refractivity contribution < 1.29 is 14.7 Å². The van der Waals surface area contributed by atoms with E-state index in [4.69, 9.17) is 0 Å². The van der Waals surface area contributed by atoms with E-state index in [1.54, 1.807) is 0 Å². The van der Waals surface area contributed by atoms with Gasteiger partial charge in [-0.3, -0.25) is 9.59 Å². The lowest BCUT2D eigenvalue weighted by Gasteiger charge is -2.48. The zero-order chi connectivity index (χ0) is 13.3. The summed E-state index contributed by atoms with van der Waals surface area (Å²) in [5.74, 6) is -0.00227. The van der Waals surface area contributed by atoms with E-state index in [0.29, 0.717) is 0 Å². The number of carbonyl (C=O) groups is 2. The minimum absolute atomic E-state index is 0.0209. The van der Waals surface area contributed by atoms with Gasteiger partial charge >= 0.3 is 0 Å². The van der Waals surface area contributed by atoms with Gasteiger partial charge in [-0.15, -0.1) is 0 Å². The van der Waals surface area contributed by atoms with Crippen LogP contribution in [0.5, 0.6) is 0 Å². The Morgan fingerprint density at radius 1 is 1.39 bits per heavy atom. The maximum Gasteiger partial charge on any atom is 0.156 e. The van der Waals surface area contributed by atoms with E-state index < -0.39 is 10.8 Å². The lowest BCUT2D eigenvalue weighted by atomic mass is 9.53. The van der Waals surface area contributed by atoms with Crippen molar-refractivity contribution in [3.05, 3.63) is 11.6 Å². The van der Waals surface area contributed by atoms with Gasteiger partial charge in [-0.05, 0) is 31.6 Å². The van der Waals surface area contributed by atoms with Crippen molar-refractivity contribution in [2.75, 3.05) is 6.61 Å². The molecule has 2 saturated carbocycles. The number of allylic oxidation sites excluding steroid dienone is 2. The van der Waals surface area contributed by atoms with Crippen LogP contribution < -0.4 is 0 Å². The molecule has 18 heavy (non-hydrogen) atoms. The number of aliphatic hydroxyl groups is 1. The molecule has 0 aromatic carbocycles. The van der Waals surface area contributed by atoms with Crippen LogP contribution in [0, 0.1) is 28.6 Å². The van der Waals surface area contributed by atoms with Gasteiger partial charge in [0.2, 0.25) is 0 Å². The summed E-state index contributed by atoms with van der Waals surface area (Å²) >= 11 is 0. The predicted octanol–water partition coefficient (Wildman–Crippen LogP) is 1.75. The smallest absolute Gasteiger partial charge is 0.156 e. The minimum Gasteiger partial charge on any atom is -0.396 e. The van der Waals surface area contributed by atoms with Gasteiger partial charge in [-0.25, -0.2) is 0 Å². The van der Waals surface area contributed by atoms with Gasteiger partial charge in [-0.1, -0.05) is 25.5 Å². The Morgan fingerprint density at radius 3 is 2.67 bits per heavy atom. The molecule has 4 atom stereocenters. The fraction of sp³-hybridized carbons (Fsp3) is 0.733. The fourth-order valence-electron chi connectivity index (χ4n) is 4.59. The minimum atomic E-state index is -0.907. The summed E-state index contributed by atoms with van der Waals surface area (Å²) in [4.78, 5) is 25.3. The Bertz CT molecular complexity index is 474. The van der Waals surface area contributed by atoms with E-state index >= 15 is 0 Å². The first-order chi connectivity index (χ1) is 8.34. The highest BCUT2D eigenvalue weighted by molar-refractivity contribution is 6.15. The number of carbonyl (C=O) groups excluding carboxylic acids is 2. The number of hydrogen-bond donors (Lipinski definition) is 1. The summed E-state index contributed by atoms with van der Waals surface area (Å²) < 4.78 is 0. The normalized spacial score (nSPS) is 45.1. The molecule has 0 unspecified atom stereocenters. The number of fused-ring (bicyclic) bond motifs is 1. The molecule has 0 saturated heterocycles.